The number of amides is 2. The van der Waals surface area contributed by atoms with Gasteiger partial charge in [-0.25, -0.2) is 12.8 Å². The maximum atomic E-state index is 13.1. The molecule has 0 aliphatic heterocycles. The summed E-state index contributed by atoms with van der Waals surface area (Å²) in [6.45, 7) is 0.537. The van der Waals surface area contributed by atoms with Crippen LogP contribution in [0.4, 0.5) is 10.1 Å². The van der Waals surface area contributed by atoms with Crippen LogP contribution < -0.4 is 15.4 Å². The van der Waals surface area contributed by atoms with E-state index in [4.69, 9.17) is 11.6 Å². The van der Waals surface area contributed by atoms with Gasteiger partial charge in [0.25, 0.3) is 15.9 Å². The van der Waals surface area contributed by atoms with Gasteiger partial charge in [0.2, 0.25) is 5.91 Å². The second-order valence-corrected chi connectivity index (χ2v) is 9.73. The molecule has 0 unspecified atom stereocenters. The summed E-state index contributed by atoms with van der Waals surface area (Å²) >= 11 is 6.09. The highest BCUT2D eigenvalue weighted by Gasteiger charge is 2.21. The zero-order valence-corrected chi connectivity index (χ0v) is 18.9. The zero-order chi connectivity index (χ0) is 23.1. The molecule has 1 saturated carbocycles. The Morgan fingerprint density at radius 3 is 2.31 bits per heavy atom. The number of carbonyl (C=O) groups excluding carboxylic acids is 2. The van der Waals surface area contributed by atoms with Crippen LogP contribution in [0.1, 0.15) is 42.5 Å². The largest absolute Gasteiger partial charge is 0.354 e. The number of rotatable bonds is 8. The second kappa shape index (κ2) is 10.8. The fourth-order valence-electron chi connectivity index (χ4n) is 3.54. The predicted molar refractivity (Wildman–Crippen MR) is 121 cm³/mol. The van der Waals surface area contributed by atoms with Crippen LogP contribution in [-0.4, -0.2) is 33.3 Å². The van der Waals surface area contributed by atoms with Crippen LogP contribution in [0.3, 0.4) is 0 Å². The van der Waals surface area contributed by atoms with Crippen molar-refractivity contribution in [2.24, 2.45) is 5.92 Å². The molecular formula is C22H25ClFN3O4S. The first-order valence-corrected chi connectivity index (χ1v) is 12.3. The van der Waals surface area contributed by atoms with Crippen LogP contribution in [0.5, 0.6) is 0 Å². The summed E-state index contributed by atoms with van der Waals surface area (Å²) in [5.74, 6) is -0.929. The smallest absolute Gasteiger partial charge is 0.261 e. The number of hydrogen-bond acceptors (Lipinski definition) is 4. The first kappa shape index (κ1) is 24.0. The molecule has 3 N–H and O–H groups in total. The monoisotopic (exact) mass is 481 g/mol. The van der Waals surface area contributed by atoms with E-state index in [-0.39, 0.29) is 39.5 Å². The first-order valence-electron chi connectivity index (χ1n) is 10.4. The number of halogens is 2. The number of sulfonamides is 1. The summed E-state index contributed by atoms with van der Waals surface area (Å²) in [4.78, 5) is 24.4. The normalized spacial score (nSPS) is 14.6. The van der Waals surface area contributed by atoms with Crippen molar-refractivity contribution in [2.45, 2.75) is 37.0 Å². The Morgan fingerprint density at radius 1 is 0.969 bits per heavy atom. The Kier molecular flexibility index (Phi) is 8.09. The lowest BCUT2D eigenvalue weighted by atomic mass is 9.89. The Hall–Kier alpha value is -2.65. The van der Waals surface area contributed by atoms with Gasteiger partial charge in [0, 0.05) is 24.6 Å². The average molecular weight is 482 g/mol. The minimum absolute atomic E-state index is 0.0166. The van der Waals surface area contributed by atoms with E-state index >= 15 is 0 Å². The van der Waals surface area contributed by atoms with Crippen LogP contribution in [-0.2, 0) is 14.8 Å². The van der Waals surface area contributed by atoms with Crippen molar-refractivity contribution in [3.05, 3.63) is 58.9 Å². The van der Waals surface area contributed by atoms with Crippen LogP contribution in [0.25, 0.3) is 0 Å². The molecule has 7 nitrogen and oxygen atoms in total. The molecule has 2 aromatic carbocycles. The number of anilines is 1. The first-order chi connectivity index (χ1) is 15.3. The molecule has 0 radical (unpaired) electrons. The zero-order valence-electron chi connectivity index (χ0n) is 17.4. The average Bonchev–Trinajstić information content (AvgIpc) is 2.78. The van der Waals surface area contributed by atoms with E-state index in [1.54, 1.807) is 0 Å². The molecule has 2 amide bonds. The highest BCUT2D eigenvalue weighted by atomic mass is 35.5. The summed E-state index contributed by atoms with van der Waals surface area (Å²) < 4.78 is 40.4. The molecule has 1 aliphatic rings. The topological polar surface area (TPSA) is 104 Å². The standard InChI is InChI=1S/C22H25ClFN3O4S/c23-19-11-6-16(14-20(19)27-32(30,31)18-9-7-17(24)8-10-18)22(29)26-13-12-25-21(28)15-4-2-1-3-5-15/h6-11,14-15,27H,1-5,12-13H2,(H,25,28)(H,26,29). The highest BCUT2D eigenvalue weighted by molar-refractivity contribution is 7.92. The Morgan fingerprint density at radius 2 is 1.62 bits per heavy atom. The molecule has 1 fully saturated rings. The van der Waals surface area contributed by atoms with Gasteiger partial charge in [0.15, 0.2) is 0 Å². The van der Waals surface area contributed by atoms with Crippen LogP contribution >= 0.6 is 11.6 Å². The van der Waals surface area contributed by atoms with Crippen LogP contribution in [0.2, 0.25) is 5.02 Å². The Labute approximate surface area is 191 Å². The van der Waals surface area contributed by atoms with E-state index in [9.17, 15) is 22.4 Å². The van der Waals surface area contributed by atoms with Gasteiger partial charge in [-0.15, -0.1) is 0 Å². The van der Waals surface area contributed by atoms with Gasteiger partial charge in [-0.2, -0.15) is 0 Å². The molecule has 0 aromatic heterocycles. The van der Waals surface area contributed by atoms with E-state index in [0.29, 0.717) is 6.54 Å². The summed E-state index contributed by atoms with van der Waals surface area (Å²) in [7, 11) is -4.02. The third-order valence-electron chi connectivity index (χ3n) is 5.28. The molecule has 3 rings (SSSR count). The van der Waals surface area contributed by atoms with E-state index in [0.717, 1.165) is 49.9 Å². The lowest BCUT2D eigenvalue weighted by Gasteiger charge is -2.20. The lowest BCUT2D eigenvalue weighted by Crippen LogP contribution is -2.38. The fourth-order valence-corrected chi connectivity index (χ4v) is 4.83. The molecule has 1 aliphatic carbocycles. The van der Waals surface area contributed by atoms with Gasteiger partial charge >= 0.3 is 0 Å². The minimum atomic E-state index is -4.02. The van der Waals surface area contributed by atoms with Crippen LogP contribution in [0, 0.1) is 11.7 Å². The molecule has 2 aromatic rings. The molecule has 0 saturated heterocycles. The third kappa shape index (κ3) is 6.43. The molecule has 32 heavy (non-hydrogen) atoms. The number of benzene rings is 2. The van der Waals surface area contributed by atoms with Crippen molar-refractivity contribution in [3.8, 4) is 0 Å². The Bertz CT molecular complexity index is 1070. The summed E-state index contributed by atoms with van der Waals surface area (Å²) in [5.41, 5.74) is 0.221. The van der Waals surface area contributed by atoms with Crippen molar-refractivity contribution >= 4 is 39.1 Å². The summed E-state index contributed by atoms with van der Waals surface area (Å²) in [6.07, 6.45) is 5.11. The summed E-state index contributed by atoms with van der Waals surface area (Å²) in [6, 6.07) is 8.52. The highest BCUT2D eigenvalue weighted by Crippen LogP contribution is 2.26. The fraction of sp³-hybridized carbons (Fsp3) is 0.364. The van der Waals surface area contributed by atoms with Crippen LogP contribution in [0.15, 0.2) is 47.4 Å². The van der Waals surface area contributed by atoms with Gasteiger partial charge in [-0.05, 0) is 55.3 Å². The quantitative estimate of drug-likeness (QED) is 0.500. The number of nitrogens with one attached hydrogen (secondary N) is 3. The van der Waals surface area contributed by atoms with Crippen molar-refractivity contribution < 1.29 is 22.4 Å². The number of hydrogen-bond donors (Lipinski definition) is 3. The maximum Gasteiger partial charge on any atom is 0.261 e. The van der Waals surface area contributed by atoms with Gasteiger partial charge in [0.05, 0.1) is 15.6 Å². The van der Waals surface area contributed by atoms with Gasteiger partial charge < -0.3 is 10.6 Å². The third-order valence-corrected chi connectivity index (χ3v) is 6.99. The van der Waals surface area contributed by atoms with Crippen molar-refractivity contribution in [3.63, 3.8) is 0 Å². The number of carbonyl (C=O) groups is 2. The summed E-state index contributed by atoms with van der Waals surface area (Å²) in [5, 5.41) is 5.63. The lowest BCUT2D eigenvalue weighted by molar-refractivity contribution is -0.125. The van der Waals surface area contributed by atoms with Crippen molar-refractivity contribution in [2.75, 3.05) is 17.8 Å². The molecule has 0 heterocycles. The molecule has 0 bridgehead atoms. The maximum absolute atomic E-state index is 13.1. The predicted octanol–water partition coefficient (Wildman–Crippen LogP) is 3.71. The SMILES string of the molecule is O=C(NCCNC(=O)C1CCCCC1)c1ccc(Cl)c(NS(=O)(=O)c2ccc(F)cc2)c1. The van der Waals surface area contributed by atoms with Gasteiger partial charge in [0.1, 0.15) is 5.82 Å². The van der Waals surface area contributed by atoms with Gasteiger partial charge in [-0.1, -0.05) is 30.9 Å². The molecule has 0 spiro atoms. The van der Waals surface area contributed by atoms with E-state index in [1.165, 1.54) is 24.6 Å². The molecular weight excluding hydrogens is 457 g/mol. The van der Waals surface area contributed by atoms with E-state index in [2.05, 4.69) is 15.4 Å². The minimum Gasteiger partial charge on any atom is -0.354 e. The van der Waals surface area contributed by atoms with E-state index in [1.807, 2.05) is 0 Å². The second-order valence-electron chi connectivity index (χ2n) is 7.64. The molecule has 172 valence electrons. The Balaban J connectivity index is 1.56. The van der Waals surface area contributed by atoms with Crippen molar-refractivity contribution in [1.29, 1.82) is 0 Å². The van der Waals surface area contributed by atoms with E-state index < -0.39 is 21.7 Å². The van der Waals surface area contributed by atoms with Crippen molar-refractivity contribution in [1.82, 2.24) is 10.6 Å². The molecule has 0 atom stereocenters. The van der Waals surface area contributed by atoms with Gasteiger partial charge in [-0.3, -0.25) is 14.3 Å². The molecule has 10 heteroatoms.